The van der Waals surface area contributed by atoms with Crippen LogP contribution in [0.15, 0.2) is 59.4 Å². The van der Waals surface area contributed by atoms with Crippen molar-refractivity contribution in [3.8, 4) is 11.3 Å². The van der Waals surface area contributed by atoms with Gasteiger partial charge < -0.3 is 10.2 Å². The number of anilines is 1. The van der Waals surface area contributed by atoms with E-state index in [9.17, 15) is 9.59 Å². The van der Waals surface area contributed by atoms with Gasteiger partial charge in [0.15, 0.2) is 11.5 Å². The van der Waals surface area contributed by atoms with E-state index in [2.05, 4.69) is 25.5 Å². The molecule has 1 saturated heterocycles. The summed E-state index contributed by atoms with van der Waals surface area (Å²) in [5, 5.41) is 15.3. The van der Waals surface area contributed by atoms with E-state index in [-0.39, 0.29) is 30.2 Å². The minimum atomic E-state index is -0.322. The van der Waals surface area contributed by atoms with Crippen molar-refractivity contribution in [1.29, 1.82) is 0 Å². The topological polar surface area (TPSA) is 93.0 Å². The molecule has 29 heavy (non-hydrogen) atoms. The van der Waals surface area contributed by atoms with Crippen molar-refractivity contribution in [3.05, 3.63) is 70.6 Å². The Kier molecular flexibility index (Phi) is 5.60. The molecule has 1 fully saturated rings. The summed E-state index contributed by atoms with van der Waals surface area (Å²) in [7, 11) is 0. The van der Waals surface area contributed by atoms with Crippen molar-refractivity contribution in [2.45, 2.75) is 19.4 Å². The van der Waals surface area contributed by atoms with Crippen LogP contribution in [0, 0.1) is 0 Å². The van der Waals surface area contributed by atoms with Crippen molar-refractivity contribution in [3.63, 3.8) is 0 Å². The third-order valence-corrected chi connectivity index (χ3v) is 4.86. The lowest BCUT2D eigenvalue weighted by Crippen LogP contribution is -2.32. The first-order valence-electron chi connectivity index (χ1n) is 9.71. The highest BCUT2D eigenvalue weighted by Gasteiger charge is 2.15. The van der Waals surface area contributed by atoms with E-state index in [1.165, 1.54) is 10.7 Å². The zero-order valence-electron chi connectivity index (χ0n) is 16.0. The van der Waals surface area contributed by atoms with Gasteiger partial charge in [-0.15, -0.1) is 10.2 Å². The number of aromatic nitrogens is 4. The van der Waals surface area contributed by atoms with Crippen LogP contribution in [-0.2, 0) is 6.54 Å². The minimum Gasteiger partial charge on any atom is -0.355 e. The van der Waals surface area contributed by atoms with E-state index >= 15 is 0 Å². The number of nitrogens with zero attached hydrogens (tertiary/aromatic N) is 5. The number of amides is 1. The third kappa shape index (κ3) is 4.48. The molecule has 1 N–H and O–H groups in total. The molecule has 4 rings (SSSR count). The molecule has 8 heteroatoms. The molecule has 0 spiro atoms. The monoisotopic (exact) mass is 390 g/mol. The second kappa shape index (κ2) is 8.64. The van der Waals surface area contributed by atoms with E-state index in [1.54, 1.807) is 12.1 Å². The fraction of sp³-hybridized carbons (Fsp3) is 0.286. The van der Waals surface area contributed by atoms with Crippen LogP contribution in [0.25, 0.3) is 11.3 Å². The van der Waals surface area contributed by atoms with Gasteiger partial charge in [-0.25, -0.2) is 4.68 Å². The second-order valence-corrected chi connectivity index (χ2v) is 6.87. The van der Waals surface area contributed by atoms with Crippen LogP contribution in [0.2, 0.25) is 0 Å². The predicted molar refractivity (Wildman–Crippen MR) is 110 cm³/mol. The summed E-state index contributed by atoms with van der Waals surface area (Å²) in [4.78, 5) is 26.5. The number of carbonyl (C=O) groups is 1. The highest BCUT2D eigenvalue weighted by Crippen LogP contribution is 2.16. The Labute approximate surface area is 168 Å². The summed E-state index contributed by atoms with van der Waals surface area (Å²) in [5.41, 5.74) is 1.68. The third-order valence-electron chi connectivity index (χ3n) is 4.86. The summed E-state index contributed by atoms with van der Waals surface area (Å²) >= 11 is 0. The van der Waals surface area contributed by atoms with Crippen LogP contribution in [0.5, 0.6) is 0 Å². The Morgan fingerprint density at radius 1 is 0.966 bits per heavy atom. The largest absolute Gasteiger partial charge is 0.355 e. The molecule has 0 saturated carbocycles. The zero-order valence-corrected chi connectivity index (χ0v) is 16.0. The summed E-state index contributed by atoms with van der Waals surface area (Å²) in [6, 6.07) is 16.3. The van der Waals surface area contributed by atoms with Crippen molar-refractivity contribution < 1.29 is 4.79 Å². The van der Waals surface area contributed by atoms with Gasteiger partial charge in [0.2, 0.25) is 0 Å². The quantitative estimate of drug-likeness (QED) is 0.689. The summed E-state index contributed by atoms with van der Waals surface area (Å²) < 4.78 is 1.35. The zero-order chi connectivity index (χ0) is 20.1. The van der Waals surface area contributed by atoms with Crippen LogP contribution >= 0.6 is 0 Å². The molecule has 1 amide bonds. The first-order chi connectivity index (χ1) is 14.2. The Hall–Kier alpha value is -3.55. The highest BCUT2D eigenvalue weighted by atomic mass is 16.2. The molecule has 0 unspecified atom stereocenters. The van der Waals surface area contributed by atoms with E-state index in [1.807, 2.05) is 36.4 Å². The fourth-order valence-electron chi connectivity index (χ4n) is 3.30. The highest BCUT2D eigenvalue weighted by molar-refractivity contribution is 5.92. The normalized spacial score (nSPS) is 13.4. The van der Waals surface area contributed by atoms with E-state index in [4.69, 9.17) is 0 Å². The van der Waals surface area contributed by atoms with E-state index < -0.39 is 0 Å². The molecular formula is C21H22N6O2. The molecule has 1 aliphatic heterocycles. The number of hydrogen-bond donors (Lipinski definition) is 1. The first-order valence-corrected chi connectivity index (χ1v) is 9.71. The number of nitrogens with one attached hydrogen (secondary N) is 1. The minimum absolute atomic E-state index is 0.214. The molecule has 3 heterocycles. The van der Waals surface area contributed by atoms with Gasteiger partial charge in [-0.2, -0.15) is 5.10 Å². The number of hydrogen-bond acceptors (Lipinski definition) is 6. The van der Waals surface area contributed by atoms with Crippen molar-refractivity contribution in [2.24, 2.45) is 0 Å². The lowest BCUT2D eigenvalue weighted by atomic mass is 10.1. The molecule has 1 aliphatic rings. The molecule has 8 nitrogen and oxygen atoms in total. The summed E-state index contributed by atoms with van der Waals surface area (Å²) in [6.07, 6.45) is 2.31. The molecule has 0 bridgehead atoms. The van der Waals surface area contributed by atoms with E-state index in [0.717, 1.165) is 37.3 Å². The Balaban J connectivity index is 1.36. The Bertz CT molecular complexity index is 1030. The first kappa shape index (κ1) is 18.8. The molecule has 2 aromatic heterocycles. The van der Waals surface area contributed by atoms with Gasteiger partial charge in [0.25, 0.3) is 11.5 Å². The van der Waals surface area contributed by atoms with E-state index in [0.29, 0.717) is 5.69 Å². The molecule has 0 atom stereocenters. The van der Waals surface area contributed by atoms with Gasteiger partial charge in [0.05, 0.1) is 12.2 Å². The number of rotatable bonds is 6. The molecule has 148 valence electrons. The maximum absolute atomic E-state index is 12.3. The lowest BCUT2D eigenvalue weighted by molar-refractivity contribution is 0.0946. The number of carbonyl (C=O) groups excluding carboxylic acids is 1. The van der Waals surface area contributed by atoms with Crippen LogP contribution < -0.4 is 15.8 Å². The van der Waals surface area contributed by atoms with Crippen molar-refractivity contribution in [1.82, 2.24) is 25.3 Å². The smallest absolute Gasteiger partial charge is 0.271 e. The van der Waals surface area contributed by atoms with Gasteiger partial charge in [0, 0.05) is 31.3 Å². The molecular weight excluding hydrogens is 368 g/mol. The average molecular weight is 390 g/mol. The maximum Gasteiger partial charge on any atom is 0.271 e. The standard InChI is InChI=1S/C21H22N6O2/c28-20-11-9-17(16-6-2-1-3-7-16)25-27(20)15-12-22-21(29)18-8-10-19(24-23-18)26-13-4-5-14-26/h1-3,6-11H,4-5,12-15H2,(H,22,29). The Morgan fingerprint density at radius 3 is 2.48 bits per heavy atom. The molecule has 0 aliphatic carbocycles. The molecule has 0 radical (unpaired) electrons. The van der Waals surface area contributed by atoms with Crippen LogP contribution in [0.1, 0.15) is 23.3 Å². The summed E-state index contributed by atoms with van der Waals surface area (Å²) in [6.45, 7) is 2.48. The van der Waals surface area contributed by atoms with Gasteiger partial charge in [-0.3, -0.25) is 9.59 Å². The van der Waals surface area contributed by atoms with Gasteiger partial charge in [-0.05, 0) is 31.0 Å². The van der Waals surface area contributed by atoms with Crippen LogP contribution in [-0.4, -0.2) is 45.5 Å². The van der Waals surface area contributed by atoms with Gasteiger partial charge >= 0.3 is 0 Å². The predicted octanol–water partition coefficient (Wildman–Crippen LogP) is 1.73. The lowest BCUT2D eigenvalue weighted by Gasteiger charge is -2.15. The van der Waals surface area contributed by atoms with Crippen molar-refractivity contribution >= 4 is 11.7 Å². The van der Waals surface area contributed by atoms with Crippen molar-refractivity contribution in [2.75, 3.05) is 24.5 Å². The average Bonchev–Trinajstić information content (AvgIpc) is 3.31. The van der Waals surface area contributed by atoms with Crippen LogP contribution in [0.3, 0.4) is 0 Å². The Morgan fingerprint density at radius 2 is 1.76 bits per heavy atom. The summed E-state index contributed by atoms with van der Waals surface area (Å²) in [5.74, 6) is 0.477. The second-order valence-electron chi connectivity index (χ2n) is 6.87. The van der Waals surface area contributed by atoms with Gasteiger partial charge in [0.1, 0.15) is 0 Å². The molecule has 3 aromatic rings. The van der Waals surface area contributed by atoms with Gasteiger partial charge in [-0.1, -0.05) is 30.3 Å². The SMILES string of the molecule is O=C(NCCn1nc(-c2ccccc2)ccc1=O)c1ccc(N2CCCC2)nn1. The fourth-order valence-corrected chi connectivity index (χ4v) is 3.30. The van der Waals surface area contributed by atoms with Crippen LogP contribution in [0.4, 0.5) is 5.82 Å². The number of benzene rings is 1. The maximum atomic E-state index is 12.3. The molecule has 1 aromatic carbocycles.